The number of ether oxygens (including phenoxy) is 1. The standard InChI is InChI=1S/C15H15ClO/c1-10-5-4-6-14(16)15(10)13-8-7-12(17-3)9-11(13)2/h4-9H,1-3H3. The number of hydrogen-bond donors (Lipinski definition) is 0. The molecule has 0 aliphatic carbocycles. The molecule has 2 aromatic rings. The summed E-state index contributed by atoms with van der Waals surface area (Å²) in [6.07, 6.45) is 0. The average Bonchev–Trinajstić information content (AvgIpc) is 2.30. The van der Waals surface area contributed by atoms with Crippen molar-refractivity contribution >= 4 is 11.6 Å². The van der Waals surface area contributed by atoms with Crippen LogP contribution in [0.5, 0.6) is 5.75 Å². The smallest absolute Gasteiger partial charge is 0.119 e. The van der Waals surface area contributed by atoms with E-state index in [4.69, 9.17) is 16.3 Å². The van der Waals surface area contributed by atoms with Crippen molar-refractivity contribution < 1.29 is 4.74 Å². The minimum Gasteiger partial charge on any atom is -0.497 e. The molecule has 0 spiro atoms. The van der Waals surface area contributed by atoms with Crippen LogP contribution in [0.25, 0.3) is 11.1 Å². The molecule has 0 saturated heterocycles. The van der Waals surface area contributed by atoms with E-state index in [9.17, 15) is 0 Å². The molecule has 17 heavy (non-hydrogen) atoms. The van der Waals surface area contributed by atoms with Crippen LogP contribution in [0.15, 0.2) is 36.4 Å². The molecule has 0 bridgehead atoms. The Hall–Kier alpha value is -1.47. The highest BCUT2D eigenvalue weighted by Crippen LogP contribution is 2.34. The molecule has 0 aliphatic heterocycles. The summed E-state index contributed by atoms with van der Waals surface area (Å²) in [5, 5.41) is 0.790. The first-order valence-corrected chi connectivity index (χ1v) is 5.91. The van der Waals surface area contributed by atoms with Crippen LogP contribution in [-0.4, -0.2) is 7.11 Å². The van der Waals surface area contributed by atoms with Crippen LogP contribution in [0, 0.1) is 13.8 Å². The number of aryl methyl sites for hydroxylation is 2. The fourth-order valence-corrected chi connectivity index (χ4v) is 2.34. The number of rotatable bonds is 2. The predicted octanol–water partition coefficient (Wildman–Crippen LogP) is 4.63. The van der Waals surface area contributed by atoms with Crippen LogP contribution < -0.4 is 4.74 Å². The molecule has 88 valence electrons. The average molecular weight is 247 g/mol. The fourth-order valence-electron chi connectivity index (χ4n) is 2.02. The topological polar surface area (TPSA) is 9.23 Å². The lowest BCUT2D eigenvalue weighted by molar-refractivity contribution is 0.414. The van der Waals surface area contributed by atoms with Gasteiger partial charge in [-0.2, -0.15) is 0 Å². The molecule has 0 amide bonds. The number of methoxy groups -OCH3 is 1. The van der Waals surface area contributed by atoms with Gasteiger partial charge in [0, 0.05) is 10.6 Å². The lowest BCUT2D eigenvalue weighted by Crippen LogP contribution is -1.90. The molecule has 1 nitrogen and oxygen atoms in total. The van der Waals surface area contributed by atoms with Crippen LogP contribution >= 0.6 is 11.6 Å². The van der Waals surface area contributed by atoms with Gasteiger partial charge in [0.2, 0.25) is 0 Å². The summed E-state index contributed by atoms with van der Waals surface area (Å²) in [6.45, 7) is 4.14. The Labute approximate surface area is 107 Å². The molecule has 2 rings (SSSR count). The molecular weight excluding hydrogens is 232 g/mol. The predicted molar refractivity (Wildman–Crippen MR) is 72.9 cm³/mol. The van der Waals surface area contributed by atoms with E-state index >= 15 is 0 Å². The molecule has 2 aromatic carbocycles. The third kappa shape index (κ3) is 2.29. The molecule has 0 aliphatic rings. The van der Waals surface area contributed by atoms with Crippen molar-refractivity contribution in [2.75, 3.05) is 7.11 Å². The van der Waals surface area contributed by atoms with Gasteiger partial charge in [0.1, 0.15) is 5.75 Å². The van der Waals surface area contributed by atoms with Gasteiger partial charge in [0.25, 0.3) is 0 Å². The van der Waals surface area contributed by atoms with Gasteiger partial charge in [0.15, 0.2) is 0 Å². The summed E-state index contributed by atoms with van der Waals surface area (Å²) in [4.78, 5) is 0. The number of halogens is 1. The zero-order valence-corrected chi connectivity index (χ0v) is 11.0. The van der Waals surface area contributed by atoms with E-state index in [0.29, 0.717) is 0 Å². The van der Waals surface area contributed by atoms with E-state index in [0.717, 1.165) is 21.9 Å². The van der Waals surface area contributed by atoms with Crippen molar-refractivity contribution in [3.8, 4) is 16.9 Å². The van der Waals surface area contributed by atoms with E-state index in [1.54, 1.807) is 7.11 Å². The molecule has 0 heterocycles. The number of benzene rings is 2. The van der Waals surface area contributed by atoms with Gasteiger partial charge in [-0.1, -0.05) is 29.8 Å². The SMILES string of the molecule is COc1ccc(-c2c(C)cccc2Cl)c(C)c1. The second-order valence-electron chi connectivity index (χ2n) is 4.11. The summed E-state index contributed by atoms with van der Waals surface area (Å²) in [6, 6.07) is 12.0. The zero-order valence-electron chi connectivity index (χ0n) is 10.3. The Kier molecular flexibility index (Phi) is 3.39. The summed E-state index contributed by atoms with van der Waals surface area (Å²) >= 11 is 6.28. The molecule has 2 heteroatoms. The summed E-state index contributed by atoms with van der Waals surface area (Å²) in [5.74, 6) is 0.871. The third-order valence-corrected chi connectivity index (χ3v) is 3.24. The van der Waals surface area contributed by atoms with E-state index < -0.39 is 0 Å². The van der Waals surface area contributed by atoms with E-state index in [1.807, 2.05) is 24.3 Å². The molecule has 0 fully saturated rings. The van der Waals surface area contributed by atoms with Crippen molar-refractivity contribution in [2.45, 2.75) is 13.8 Å². The van der Waals surface area contributed by atoms with Crippen LogP contribution in [-0.2, 0) is 0 Å². The van der Waals surface area contributed by atoms with Crippen molar-refractivity contribution in [3.63, 3.8) is 0 Å². The highest BCUT2D eigenvalue weighted by atomic mass is 35.5. The normalized spacial score (nSPS) is 10.4. The zero-order chi connectivity index (χ0) is 12.4. The highest BCUT2D eigenvalue weighted by molar-refractivity contribution is 6.33. The van der Waals surface area contributed by atoms with Crippen LogP contribution in [0.4, 0.5) is 0 Å². The first-order valence-electron chi connectivity index (χ1n) is 5.53. The molecular formula is C15H15ClO. The van der Waals surface area contributed by atoms with Gasteiger partial charge in [-0.3, -0.25) is 0 Å². The van der Waals surface area contributed by atoms with Gasteiger partial charge in [-0.05, 0) is 48.7 Å². The summed E-state index contributed by atoms with van der Waals surface area (Å²) < 4.78 is 5.21. The quantitative estimate of drug-likeness (QED) is 0.751. The van der Waals surface area contributed by atoms with Crippen molar-refractivity contribution in [1.29, 1.82) is 0 Å². The van der Waals surface area contributed by atoms with E-state index in [1.165, 1.54) is 11.1 Å². The summed E-state index contributed by atoms with van der Waals surface area (Å²) in [5.41, 5.74) is 4.62. The Morgan fingerprint density at radius 2 is 1.76 bits per heavy atom. The first-order chi connectivity index (χ1) is 8.13. The van der Waals surface area contributed by atoms with Gasteiger partial charge < -0.3 is 4.74 Å². The maximum atomic E-state index is 6.28. The first kappa shape index (κ1) is 12.0. The van der Waals surface area contributed by atoms with Crippen LogP contribution in [0.1, 0.15) is 11.1 Å². The summed E-state index contributed by atoms with van der Waals surface area (Å²) in [7, 11) is 1.68. The maximum Gasteiger partial charge on any atom is 0.119 e. The van der Waals surface area contributed by atoms with Crippen LogP contribution in [0.3, 0.4) is 0 Å². The van der Waals surface area contributed by atoms with Gasteiger partial charge >= 0.3 is 0 Å². The monoisotopic (exact) mass is 246 g/mol. The van der Waals surface area contributed by atoms with Gasteiger partial charge in [-0.15, -0.1) is 0 Å². The maximum absolute atomic E-state index is 6.28. The minimum atomic E-state index is 0.790. The second-order valence-corrected chi connectivity index (χ2v) is 4.52. The van der Waals surface area contributed by atoms with Gasteiger partial charge in [0.05, 0.1) is 7.11 Å². The molecule has 0 N–H and O–H groups in total. The third-order valence-electron chi connectivity index (χ3n) is 2.92. The molecule has 0 unspecified atom stereocenters. The lowest BCUT2D eigenvalue weighted by atomic mass is 9.96. The van der Waals surface area contributed by atoms with Gasteiger partial charge in [-0.25, -0.2) is 0 Å². The Bertz CT molecular complexity index is 526. The van der Waals surface area contributed by atoms with E-state index in [-0.39, 0.29) is 0 Å². The fraction of sp³-hybridized carbons (Fsp3) is 0.200. The largest absolute Gasteiger partial charge is 0.497 e. The molecule has 0 saturated carbocycles. The van der Waals surface area contributed by atoms with Crippen molar-refractivity contribution in [1.82, 2.24) is 0 Å². The Morgan fingerprint density at radius 1 is 1.00 bits per heavy atom. The second kappa shape index (κ2) is 4.80. The highest BCUT2D eigenvalue weighted by Gasteiger charge is 2.09. The lowest BCUT2D eigenvalue weighted by Gasteiger charge is -2.12. The molecule has 0 aromatic heterocycles. The minimum absolute atomic E-state index is 0.790. The van der Waals surface area contributed by atoms with Crippen molar-refractivity contribution in [2.24, 2.45) is 0 Å². The van der Waals surface area contributed by atoms with Crippen LogP contribution in [0.2, 0.25) is 5.02 Å². The molecule has 0 atom stereocenters. The number of hydrogen-bond acceptors (Lipinski definition) is 1. The molecule has 0 radical (unpaired) electrons. The Morgan fingerprint density at radius 3 is 2.35 bits per heavy atom. The Balaban J connectivity index is 2.61. The van der Waals surface area contributed by atoms with E-state index in [2.05, 4.69) is 26.0 Å². The van der Waals surface area contributed by atoms with Crippen molar-refractivity contribution in [3.05, 3.63) is 52.5 Å².